The second-order valence-corrected chi connectivity index (χ2v) is 4.92. The number of amides is 2. The molecule has 21 heavy (non-hydrogen) atoms. The third-order valence-electron chi connectivity index (χ3n) is 2.56. The predicted octanol–water partition coefficient (Wildman–Crippen LogP) is 2.16. The number of nitrogens with one attached hydrogen (secondary N) is 2. The van der Waals surface area contributed by atoms with Gasteiger partial charge in [0.1, 0.15) is 11.1 Å². The first kappa shape index (κ1) is 17.2. The highest BCUT2D eigenvalue weighted by Crippen LogP contribution is 2.33. The normalized spacial score (nSPS) is 11.6. The van der Waals surface area contributed by atoms with Crippen LogP contribution in [0, 0.1) is 10.1 Å². The van der Waals surface area contributed by atoms with Gasteiger partial charge in [-0.2, -0.15) is 0 Å². The second kappa shape index (κ2) is 7.24. The van der Waals surface area contributed by atoms with Crippen LogP contribution in [0.5, 0.6) is 0 Å². The van der Waals surface area contributed by atoms with Crippen molar-refractivity contribution in [3.63, 3.8) is 0 Å². The number of halogens is 2. The number of carbonyl (C=O) groups is 2. The van der Waals surface area contributed by atoms with Gasteiger partial charge in [0.15, 0.2) is 0 Å². The van der Waals surface area contributed by atoms with Crippen LogP contribution in [0.2, 0.25) is 10.0 Å². The predicted molar refractivity (Wildman–Crippen MR) is 78.7 cm³/mol. The van der Waals surface area contributed by atoms with Gasteiger partial charge in [-0.3, -0.25) is 19.7 Å². The van der Waals surface area contributed by atoms with Crippen LogP contribution in [-0.2, 0) is 4.79 Å². The molecule has 0 aliphatic rings. The van der Waals surface area contributed by atoms with E-state index >= 15 is 0 Å². The molecule has 0 radical (unpaired) electrons. The zero-order valence-corrected chi connectivity index (χ0v) is 12.8. The van der Waals surface area contributed by atoms with Crippen LogP contribution in [0.4, 0.5) is 5.69 Å². The Kier molecular flexibility index (Phi) is 5.92. The fourth-order valence-electron chi connectivity index (χ4n) is 1.51. The molecular formula is C12H13Cl2N3O4. The maximum atomic E-state index is 12.0. The summed E-state index contributed by atoms with van der Waals surface area (Å²) in [6.07, 6.45) is 0. The van der Waals surface area contributed by atoms with Gasteiger partial charge in [0, 0.05) is 18.2 Å². The molecule has 0 aliphatic heterocycles. The number of carbonyl (C=O) groups excluding carboxylic acids is 2. The minimum atomic E-state index is -0.786. The fraction of sp³-hybridized carbons (Fsp3) is 0.333. The van der Waals surface area contributed by atoms with Crippen molar-refractivity contribution in [2.45, 2.75) is 19.9 Å². The lowest BCUT2D eigenvalue weighted by molar-refractivity contribution is -0.384. The summed E-state index contributed by atoms with van der Waals surface area (Å²) in [4.78, 5) is 33.6. The average molecular weight is 334 g/mol. The van der Waals surface area contributed by atoms with Crippen molar-refractivity contribution in [3.05, 3.63) is 37.9 Å². The van der Waals surface area contributed by atoms with E-state index in [2.05, 4.69) is 10.6 Å². The molecule has 0 aliphatic carbocycles. The summed E-state index contributed by atoms with van der Waals surface area (Å²) in [6, 6.07) is 1.43. The number of hydrogen-bond donors (Lipinski definition) is 2. The first-order valence-electron chi connectivity index (χ1n) is 6.00. The molecule has 0 bridgehead atoms. The zero-order chi connectivity index (χ0) is 16.2. The van der Waals surface area contributed by atoms with Crippen LogP contribution < -0.4 is 10.6 Å². The van der Waals surface area contributed by atoms with E-state index in [0.29, 0.717) is 6.54 Å². The largest absolute Gasteiger partial charge is 0.355 e. The van der Waals surface area contributed by atoms with Gasteiger partial charge in [0.05, 0.1) is 9.95 Å². The molecule has 2 amide bonds. The SMILES string of the molecule is CCNC(=O)C(C)NC(=O)c1cc(Cl)c(Cl)c([N+](=O)[O-])c1. The Morgan fingerprint density at radius 3 is 2.52 bits per heavy atom. The van der Waals surface area contributed by atoms with Crippen LogP contribution in [0.3, 0.4) is 0 Å². The molecule has 114 valence electrons. The van der Waals surface area contributed by atoms with Crippen molar-refractivity contribution in [3.8, 4) is 0 Å². The van der Waals surface area contributed by atoms with E-state index in [1.807, 2.05) is 0 Å². The van der Waals surface area contributed by atoms with E-state index in [1.165, 1.54) is 13.0 Å². The standard InChI is InChI=1S/C12H13Cl2N3O4/c1-3-15-11(18)6(2)16-12(19)7-4-8(13)10(14)9(5-7)17(20)21/h4-6H,3H2,1-2H3,(H,15,18)(H,16,19). The lowest BCUT2D eigenvalue weighted by Gasteiger charge is -2.13. The Bertz CT molecular complexity index is 592. The average Bonchev–Trinajstić information content (AvgIpc) is 2.41. The molecule has 0 fully saturated rings. The van der Waals surface area contributed by atoms with Crippen molar-refractivity contribution in [2.75, 3.05) is 6.54 Å². The molecule has 0 heterocycles. The van der Waals surface area contributed by atoms with Gasteiger partial charge >= 0.3 is 0 Å². The van der Waals surface area contributed by atoms with Crippen molar-refractivity contribution in [1.82, 2.24) is 10.6 Å². The molecule has 1 atom stereocenters. The van der Waals surface area contributed by atoms with Crippen LogP contribution in [0.25, 0.3) is 0 Å². The van der Waals surface area contributed by atoms with E-state index < -0.39 is 22.6 Å². The van der Waals surface area contributed by atoms with Crippen molar-refractivity contribution >= 4 is 40.7 Å². The Balaban J connectivity index is 2.98. The van der Waals surface area contributed by atoms with Gasteiger partial charge in [0.25, 0.3) is 11.6 Å². The van der Waals surface area contributed by atoms with Crippen molar-refractivity contribution < 1.29 is 14.5 Å². The summed E-state index contributed by atoms with van der Waals surface area (Å²) in [7, 11) is 0. The lowest BCUT2D eigenvalue weighted by Crippen LogP contribution is -2.44. The molecule has 1 aromatic rings. The summed E-state index contributed by atoms with van der Waals surface area (Å²) < 4.78 is 0. The van der Waals surface area contributed by atoms with E-state index in [9.17, 15) is 19.7 Å². The maximum Gasteiger partial charge on any atom is 0.290 e. The van der Waals surface area contributed by atoms with E-state index in [4.69, 9.17) is 23.2 Å². The number of likely N-dealkylation sites (N-methyl/N-ethyl adjacent to an activating group) is 1. The summed E-state index contributed by atoms with van der Waals surface area (Å²) in [5.41, 5.74) is -0.521. The number of hydrogen-bond acceptors (Lipinski definition) is 4. The summed E-state index contributed by atoms with van der Waals surface area (Å²) in [5, 5.41) is 15.4. The summed E-state index contributed by atoms with van der Waals surface area (Å²) >= 11 is 11.5. The Morgan fingerprint density at radius 2 is 2.00 bits per heavy atom. The Labute approximate surface area is 130 Å². The monoisotopic (exact) mass is 333 g/mol. The minimum Gasteiger partial charge on any atom is -0.355 e. The molecule has 0 spiro atoms. The maximum absolute atomic E-state index is 12.0. The van der Waals surface area contributed by atoms with E-state index in [1.54, 1.807) is 6.92 Å². The minimum absolute atomic E-state index is 0.0488. The Hall–Kier alpha value is -1.86. The van der Waals surface area contributed by atoms with Crippen LogP contribution >= 0.6 is 23.2 Å². The third kappa shape index (κ3) is 4.30. The van der Waals surface area contributed by atoms with Crippen LogP contribution in [0.15, 0.2) is 12.1 Å². The quantitative estimate of drug-likeness (QED) is 0.636. The topological polar surface area (TPSA) is 101 Å². The molecule has 0 saturated heterocycles. The van der Waals surface area contributed by atoms with Crippen LogP contribution in [-0.4, -0.2) is 29.3 Å². The first-order chi connectivity index (χ1) is 9.77. The van der Waals surface area contributed by atoms with Gasteiger partial charge in [-0.25, -0.2) is 0 Å². The summed E-state index contributed by atoms with van der Waals surface area (Å²) in [5.74, 6) is -1.02. The van der Waals surface area contributed by atoms with E-state index in [0.717, 1.165) is 6.07 Å². The smallest absolute Gasteiger partial charge is 0.290 e. The number of nitro benzene ring substituents is 1. The molecule has 0 saturated carbocycles. The van der Waals surface area contributed by atoms with Crippen LogP contribution in [0.1, 0.15) is 24.2 Å². The van der Waals surface area contributed by atoms with Gasteiger partial charge in [-0.1, -0.05) is 23.2 Å². The zero-order valence-electron chi connectivity index (χ0n) is 11.3. The number of benzene rings is 1. The fourth-order valence-corrected chi connectivity index (χ4v) is 1.90. The molecule has 7 nitrogen and oxygen atoms in total. The van der Waals surface area contributed by atoms with Crippen molar-refractivity contribution in [1.29, 1.82) is 0 Å². The third-order valence-corrected chi connectivity index (χ3v) is 3.35. The van der Waals surface area contributed by atoms with E-state index in [-0.39, 0.29) is 21.5 Å². The highest BCUT2D eigenvalue weighted by Gasteiger charge is 2.22. The highest BCUT2D eigenvalue weighted by atomic mass is 35.5. The number of rotatable bonds is 5. The highest BCUT2D eigenvalue weighted by molar-refractivity contribution is 6.43. The van der Waals surface area contributed by atoms with Gasteiger partial charge in [0.2, 0.25) is 5.91 Å². The molecule has 0 aromatic heterocycles. The molecule has 2 N–H and O–H groups in total. The van der Waals surface area contributed by atoms with Gasteiger partial charge in [-0.15, -0.1) is 0 Å². The molecule has 1 unspecified atom stereocenters. The Morgan fingerprint density at radius 1 is 1.38 bits per heavy atom. The van der Waals surface area contributed by atoms with Gasteiger partial charge in [-0.05, 0) is 19.9 Å². The molecule has 1 aromatic carbocycles. The lowest BCUT2D eigenvalue weighted by atomic mass is 10.1. The molecule has 1 rings (SSSR count). The van der Waals surface area contributed by atoms with Crippen molar-refractivity contribution in [2.24, 2.45) is 0 Å². The number of nitro groups is 1. The molecular weight excluding hydrogens is 321 g/mol. The second-order valence-electron chi connectivity index (χ2n) is 4.14. The number of nitrogens with zero attached hydrogens (tertiary/aromatic N) is 1. The first-order valence-corrected chi connectivity index (χ1v) is 6.75. The molecule has 9 heteroatoms. The summed E-state index contributed by atoms with van der Waals surface area (Å²) in [6.45, 7) is 3.67. The van der Waals surface area contributed by atoms with Gasteiger partial charge < -0.3 is 10.6 Å².